The smallest absolute Gasteiger partial charge is 0.166 e. The first-order valence-electron chi connectivity index (χ1n) is 8.13. The summed E-state index contributed by atoms with van der Waals surface area (Å²) in [4.78, 5) is 4.89. The second-order valence-electron chi connectivity index (χ2n) is 6.21. The zero-order chi connectivity index (χ0) is 16.7. The molecule has 4 rings (SSSR count). The number of hydrogen-bond acceptors (Lipinski definition) is 6. The van der Waals surface area contributed by atoms with E-state index in [2.05, 4.69) is 15.5 Å². The van der Waals surface area contributed by atoms with Gasteiger partial charge in [-0.2, -0.15) is 14.7 Å². The van der Waals surface area contributed by atoms with Crippen LogP contribution in [0, 0.1) is 6.92 Å². The summed E-state index contributed by atoms with van der Waals surface area (Å²) in [5, 5.41) is 13.7. The fourth-order valence-corrected chi connectivity index (χ4v) is 4.25. The molecule has 3 aromatic heterocycles. The van der Waals surface area contributed by atoms with Crippen molar-refractivity contribution < 1.29 is 0 Å². The molecule has 3 aromatic rings. The van der Waals surface area contributed by atoms with Crippen molar-refractivity contribution in [2.24, 2.45) is 7.05 Å². The molecular weight excluding hydrogens is 322 g/mol. The highest BCUT2D eigenvalue weighted by Crippen LogP contribution is 2.33. The van der Waals surface area contributed by atoms with Crippen molar-refractivity contribution >= 4 is 23.2 Å². The number of nitrogens with one attached hydrogen (secondary N) is 1. The summed E-state index contributed by atoms with van der Waals surface area (Å²) in [5.74, 6) is 0.654. The highest BCUT2D eigenvalue weighted by atomic mass is 32.2. The number of piperidine rings is 1. The Hall–Kier alpha value is -2.06. The van der Waals surface area contributed by atoms with Gasteiger partial charge in [0.05, 0.1) is 12.4 Å². The lowest BCUT2D eigenvalue weighted by Crippen LogP contribution is -2.31. The van der Waals surface area contributed by atoms with E-state index in [9.17, 15) is 0 Å². The summed E-state index contributed by atoms with van der Waals surface area (Å²) in [7, 11) is 1.90. The van der Waals surface area contributed by atoms with Gasteiger partial charge >= 0.3 is 0 Å². The number of nitrogen functional groups attached to an aromatic ring is 1. The number of rotatable bonds is 3. The van der Waals surface area contributed by atoms with E-state index in [-0.39, 0.29) is 0 Å². The Morgan fingerprint density at radius 1 is 1.33 bits per heavy atom. The van der Waals surface area contributed by atoms with Crippen LogP contribution in [0.4, 0.5) is 5.82 Å². The number of nitrogens with zero attached hydrogens (tertiary/aromatic N) is 5. The van der Waals surface area contributed by atoms with Crippen LogP contribution in [0.2, 0.25) is 0 Å². The van der Waals surface area contributed by atoms with Crippen LogP contribution >= 0.6 is 11.8 Å². The van der Waals surface area contributed by atoms with Gasteiger partial charge in [-0.1, -0.05) is 0 Å². The molecule has 0 bridgehead atoms. The monoisotopic (exact) mass is 343 g/mol. The molecule has 1 aliphatic heterocycles. The number of fused-ring (bicyclic) bond motifs is 1. The molecule has 0 saturated carbocycles. The van der Waals surface area contributed by atoms with Gasteiger partial charge in [0, 0.05) is 41.7 Å². The average Bonchev–Trinajstić information content (AvgIpc) is 3.19. The van der Waals surface area contributed by atoms with Gasteiger partial charge in [0.25, 0.3) is 0 Å². The molecule has 0 amide bonds. The fourth-order valence-electron chi connectivity index (χ4n) is 3.03. The predicted molar refractivity (Wildman–Crippen MR) is 96.1 cm³/mol. The fraction of sp³-hybridized carbons (Fsp3) is 0.438. The lowest BCUT2D eigenvalue weighted by molar-refractivity contribution is 0.531. The molecule has 1 fully saturated rings. The Morgan fingerprint density at radius 2 is 2.21 bits per heavy atom. The van der Waals surface area contributed by atoms with Gasteiger partial charge in [0.2, 0.25) is 0 Å². The molecule has 7 nitrogen and oxygen atoms in total. The molecule has 1 aliphatic rings. The Balaban J connectivity index is 1.78. The molecule has 1 atom stereocenters. The summed E-state index contributed by atoms with van der Waals surface area (Å²) in [6.07, 6.45) is 8.02. The van der Waals surface area contributed by atoms with Crippen LogP contribution in [-0.4, -0.2) is 42.7 Å². The van der Waals surface area contributed by atoms with E-state index in [0.717, 1.165) is 40.5 Å². The van der Waals surface area contributed by atoms with Crippen LogP contribution < -0.4 is 11.1 Å². The molecule has 0 aliphatic carbocycles. The summed E-state index contributed by atoms with van der Waals surface area (Å²) >= 11 is 1.82. The predicted octanol–water partition coefficient (Wildman–Crippen LogP) is 1.86. The van der Waals surface area contributed by atoms with E-state index in [1.807, 2.05) is 44.3 Å². The summed E-state index contributed by atoms with van der Waals surface area (Å²) in [6, 6.07) is 0. The van der Waals surface area contributed by atoms with Crippen molar-refractivity contribution in [1.29, 1.82) is 0 Å². The van der Waals surface area contributed by atoms with Gasteiger partial charge in [0.1, 0.15) is 10.8 Å². The molecule has 24 heavy (non-hydrogen) atoms. The quantitative estimate of drug-likeness (QED) is 0.706. The lowest BCUT2D eigenvalue weighted by Gasteiger charge is -2.22. The number of thioether (sulfide) groups is 1. The van der Waals surface area contributed by atoms with Crippen LogP contribution in [0.1, 0.15) is 18.4 Å². The van der Waals surface area contributed by atoms with Crippen molar-refractivity contribution in [3.63, 3.8) is 0 Å². The normalized spacial score (nSPS) is 18.3. The SMILES string of the molecule is Cc1c(S[C@H]2CCCNC2)nc2c(-c3cnn(C)c3)cnn2c1N. The third-order valence-electron chi connectivity index (χ3n) is 4.43. The maximum Gasteiger partial charge on any atom is 0.166 e. The summed E-state index contributed by atoms with van der Waals surface area (Å²) in [6.45, 7) is 4.15. The van der Waals surface area contributed by atoms with E-state index in [0.29, 0.717) is 11.1 Å². The molecule has 8 heteroatoms. The Kier molecular flexibility index (Phi) is 3.93. The Bertz CT molecular complexity index is 876. The molecular formula is C16H21N7S. The van der Waals surface area contributed by atoms with Crippen molar-refractivity contribution in [2.45, 2.75) is 30.0 Å². The lowest BCUT2D eigenvalue weighted by atomic mass is 10.2. The summed E-state index contributed by atoms with van der Waals surface area (Å²) < 4.78 is 3.50. The van der Waals surface area contributed by atoms with Gasteiger partial charge in [-0.05, 0) is 26.3 Å². The highest BCUT2D eigenvalue weighted by Gasteiger charge is 2.20. The van der Waals surface area contributed by atoms with Gasteiger partial charge < -0.3 is 11.1 Å². The minimum absolute atomic E-state index is 0.538. The standard InChI is InChI=1S/C16H21N7S/c1-10-14(17)23-15(13(8-20-23)11-6-19-22(2)9-11)21-16(10)24-12-4-3-5-18-7-12/h6,8-9,12,18H,3-5,7,17H2,1-2H3/t12-/m0/s1. The second kappa shape index (κ2) is 6.10. The van der Waals surface area contributed by atoms with Crippen LogP contribution in [0.5, 0.6) is 0 Å². The summed E-state index contributed by atoms with van der Waals surface area (Å²) in [5.41, 5.74) is 10.1. The van der Waals surface area contributed by atoms with E-state index >= 15 is 0 Å². The Morgan fingerprint density at radius 3 is 2.92 bits per heavy atom. The number of nitrogens with two attached hydrogens (primary N) is 1. The molecule has 3 N–H and O–H groups in total. The second-order valence-corrected chi connectivity index (χ2v) is 7.50. The zero-order valence-electron chi connectivity index (χ0n) is 13.9. The van der Waals surface area contributed by atoms with Gasteiger partial charge in [0.15, 0.2) is 5.65 Å². The molecule has 126 valence electrons. The molecule has 0 unspecified atom stereocenters. The maximum absolute atomic E-state index is 6.33. The first-order valence-corrected chi connectivity index (χ1v) is 9.01. The number of aromatic nitrogens is 5. The van der Waals surface area contributed by atoms with Crippen molar-refractivity contribution in [3.05, 3.63) is 24.2 Å². The van der Waals surface area contributed by atoms with Crippen molar-refractivity contribution in [3.8, 4) is 11.1 Å². The molecule has 0 radical (unpaired) electrons. The molecule has 4 heterocycles. The maximum atomic E-state index is 6.33. The van der Waals surface area contributed by atoms with E-state index in [1.165, 1.54) is 12.8 Å². The van der Waals surface area contributed by atoms with Crippen molar-refractivity contribution in [2.75, 3.05) is 18.8 Å². The topological polar surface area (TPSA) is 86.1 Å². The highest BCUT2D eigenvalue weighted by molar-refractivity contribution is 8.00. The van der Waals surface area contributed by atoms with E-state index < -0.39 is 0 Å². The molecule has 0 aromatic carbocycles. The van der Waals surface area contributed by atoms with Crippen LogP contribution in [-0.2, 0) is 7.05 Å². The minimum Gasteiger partial charge on any atom is -0.383 e. The Labute approximate surface area is 144 Å². The first kappa shape index (κ1) is 15.5. The molecule has 0 spiro atoms. The molecule has 1 saturated heterocycles. The third kappa shape index (κ3) is 2.65. The first-order chi connectivity index (χ1) is 11.6. The van der Waals surface area contributed by atoms with Crippen LogP contribution in [0.25, 0.3) is 16.8 Å². The van der Waals surface area contributed by atoms with E-state index in [1.54, 1.807) is 9.20 Å². The number of anilines is 1. The average molecular weight is 343 g/mol. The third-order valence-corrected chi connectivity index (χ3v) is 5.79. The van der Waals surface area contributed by atoms with Crippen molar-refractivity contribution in [1.82, 2.24) is 29.7 Å². The number of aryl methyl sites for hydroxylation is 1. The van der Waals surface area contributed by atoms with Crippen LogP contribution in [0.15, 0.2) is 23.6 Å². The van der Waals surface area contributed by atoms with Gasteiger partial charge in [-0.3, -0.25) is 4.68 Å². The van der Waals surface area contributed by atoms with Gasteiger partial charge in [-0.25, -0.2) is 4.98 Å². The minimum atomic E-state index is 0.538. The largest absolute Gasteiger partial charge is 0.383 e. The van der Waals surface area contributed by atoms with Gasteiger partial charge in [-0.15, -0.1) is 11.8 Å². The van der Waals surface area contributed by atoms with E-state index in [4.69, 9.17) is 10.7 Å². The number of hydrogen-bond donors (Lipinski definition) is 2. The zero-order valence-corrected chi connectivity index (χ0v) is 14.7. The van der Waals surface area contributed by atoms with Crippen LogP contribution in [0.3, 0.4) is 0 Å².